The number of alkyl halides is 3. The third kappa shape index (κ3) is 3.71. The zero-order valence-corrected chi connectivity index (χ0v) is 10.6. The number of morpholine rings is 1. The van der Waals surface area contributed by atoms with Gasteiger partial charge in [-0.15, -0.1) is 0 Å². The molecule has 0 bridgehead atoms. The van der Waals surface area contributed by atoms with Crippen molar-refractivity contribution in [2.24, 2.45) is 0 Å². The van der Waals surface area contributed by atoms with Crippen molar-refractivity contribution in [3.05, 3.63) is 35.4 Å². The Balaban J connectivity index is 2.04. The van der Waals surface area contributed by atoms with Crippen LogP contribution in [0.5, 0.6) is 0 Å². The summed E-state index contributed by atoms with van der Waals surface area (Å²) in [6.45, 7) is 1.21. The molecule has 7 heteroatoms. The van der Waals surface area contributed by atoms with E-state index in [0.717, 1.165) is 12.1 Å². The molecule has 0 radical (unpaired) electrons. The molecule has 0 spiro atoms. The number of aliphatic carboxylic acids is 1. The van der Waals surface area contributed by atoms with Crippen LogP contribution in [0.3, 0.4) is 0 Å². The molecule has 0 amide bonds. The minimum absolute atomic E-state index is 0.172. The van der Waals surface area contributed by atoms with E-state index in [-0.39, 0.29) is 19.7 Å². The second kappa shape index (κ2) is 5.80. The molecule has 1 aromatic carbocycles. The molecule has 1 aliphatic rings. The van der Waals surface area contributed by atoms with E-state index in [1.54, 1.807) is 11.0 Å². The van der Waals surface area contributed by atoms with Gasteiger partial charge < -0.3 is 9.84 Å². The van der Waals surface area contributed by atoms with Gasteiger partial charge in [0.2, 0.25) is 0 Å². The van der Waals surface area contributed by atoms with Crippen molar-refractivity contribution < 1.29 is 27.8 Å². The Morgan fingerprint density at radius 2 is 2.20 bits per heavy atom. The van der Waals surface area contributed by atoms with E-state index in [1.165, 1.54) is 6.07 Å². The fourth-order valence-corrected chi connectivity index (χ4v) is 2.10. The van der Waals surface area contributed by atoms with Gasteiger partial charge in [-0.25, -0.2) is 4.79 Å². The van der Waals surface area contributed by atoms with Gasteiger partial charge in [0.1, 0.15) is 0 Å². The molecule has 4 nitrogen and oxygen atoms in total. The Bertz CT molecular complexity index is 490. The van der Waals surface area contributed by atoms with Gasteiger partial charge in [0, 0.05) is 19.6 Å². The van der Waals surface area contributed by atoms with Gasteiger partial charge in [0.05, 0.1) is 12.2 Å². The van der Waals surface area contributed by atoms with Gasteiger partial charge in [-0.2, -0.15) is 13.2 Å². The molecule has 20 heavy (non-hydrogen) atoms. The summed E-state index contributed by atoms with van der Waals surface area (Å²) in [6, 6.07) is 5.06. The van der Waals surface area contributed by atoms with Crippen LogP contribution in [0.4, 0.5) is 13.2 Å². The monoisotopic (exact) mass is 289 g/mol. The molecule has 1 heterocycles. The van der Waals surface area contributed by atoms with Gasteiger partial charge in [-0.1, -0.05) is 18.2 Å². The number of halogens is 3. The predicted octanol–water partition coefficient (Wildman–Crippen LogP) is 1.99. The first-order chi connectivity index (χ1) is 9.36. The number of ether oxygens (including phenoxy) is 1. The number of carbonyl (C=O) groups is 1. The van der Waals surface area contributed by atoms with Gasteiger partial charge in [0.15, 0.2) is 6.10 Å². The summed E-state index contributed by atoms with van der Waals surface area (Å²) < 4.78 is 42.9. The highest BCUT2D eigenvalue weighted by molar-refractivity contribution is 5.72. The van der Waals surface area contributed by atoms with Crippen LogP contribution in [-0.2, 0) is 22.3 Å². The van der Waals surface area contributed by atoms with Crippen LogP contribution >= 0.6 is 0 Å². The number of rotatable bonds is 3. The maximum Gasteiger partial charge on any atom is 0.416 e. The van der Waals surface area contributed by atoms with E-state index in [0.29, 0.717) is 12.1 Å². The molecule has 0 aromatic heterocycles. The van der Waals surface area contributed by atoms with Gasteiger partial charge in [-0.05, 0) is 11.6 Å². The van der Waals surface area contributed by atoms with E-state index in [2.05, 4.69) is 0 Å². The molecule has 1 unspecified atom stereocenters. The summed E-state index contributed by atoms with van der Waals surface area (Å²) in [5.74, 6) is -1.06. The van der Waals surface area contributed by atoms with Crippen LogP contribution in [0, 0.1) is 0 Å². The molecule has 1 aromatic rings. The molecule has 1 atom stereocenters. The number of carboxylic acid groups (broad SMARTS) is 1. The largest absolute Gasteiger partial charge is 0.479 e. The lowest BCUT2D eigenvalue weighted by Crippen LogP contribution is -2.45. The van der Waals surface area contributed by atoms with E-state index in [1.807, 2.05) is 0 Å². The van der Waals surface area contributed by atoms with Crippen LogP contribution in [0.1, 0.15) is 11.1 Å². The third-order valence-corrected chi connectivity index (χ3v) is 3.09. The van der Waals surface area contributed by atoms with Crippen molar-refractivity contribution >= 4 is 5.97 Å². The summed E-state index contributed by atoms with van der Waals surface area (Å²) in [7, 11) is 0. The summed E-state index contributed by atoms with van der Waals surface area (Å²) in [4.78, 5) is 12.6. The first-order valence-electron chi connectivity index (χ1n) is 6.09. The van der Waals surface area contributed by atoms with Crippen LogP contribution in [0.25, 0.3) is 0 Å². The average Bonchev–Trinajstić information content (AvgIpc) is 2.38. The second-order valence-electron chi connectivity index (χ2n) is 4.63. The predicted molar refractivity (Wildman–Crippen MR) is 64.1 cm³/mol. The third-order valence-electron chi connectivity index (χ3n) is 3.09. The number of benzene rings is 1. The van der Waals surface area contributed by atoms with Crippen LogP contribution < -0.4 is 0 Å². The van der Waals surface area contributed by atoms with Gasteiger partial charge in [0.25, 0.3) is 0 Å². The zero-order chi connectivity index (χ0) is 14.8. The molecule has 110 valence electrons. The van der Waals surface area contributed by atoms with Crippen molar-refractivity contribution in [2.75, 3.05) is 19.7 Å². The maximum atomic E-state index is 12.6. The smallest absolute Gasteiger partial charge is 0.416 e. The highest BCUT2D eigenvalue weighted by atomic mass is 19.4. The van der Waals surface area contributed by atoms with Crippen LogP contribution in [0.2, 0.25) is 0 Å². The van der Waals surface area contributed by atoms with Crippen molar-refractivity contribution in [3.8, 4) is 0 Å². The highest BCUT2D eigenvalue weighted by Crippen LogP contribution is 2.29. The normalized spacial score (nSPS) is 20.9. The Labute approximate surface area is 113 Å². The Kier molecular flexibility index (Phi) is 4.29. The van der Waals surface area contributed by atoms with E-state index in [9.17, 15) is 18.0 Å². The minimum Gasteiger partial charge on any atom is -0.479 e. The minimum atomic E-state index is -4.37. The summed E-state index contributed by atoms with van der Waals surface area (Å²) in [5.41, 5.74) is -0.191. The lowest BCUT2D eigenvalue weighted by atomic mass is 10.1. The summed E-state index contributed by atoms with van der Waals surface area (Å²) in [6.07, 6.45) is -5.29. The Morgan fingerprint density at radius 3 is 2.85 bits per heavy atom. The highest BCUT2D eigenvalue weighted by Gasteiger charge is 2.31. The van der Waals surface area contributed by atoms with Gasteiger partial charge in [-0.3, -0.25) is 4.90 Å². The van der Waals surface area contributed by atoms with E-state index in [4.69, 9.17) is 9.84 Å². The zero-order valence-electron chi connectivity index (χ0n) is 10.6. The first-order valence-corrected chi connectivity index (χ1v) is 6.09. The van der Waals surface area contributed by atoms with E-state index >= 15 is 0 Å². The molecular formula is C13H14F3NO3. The molecule has 1 aliphatic heterocycles. The maximum absolute atomic E-state index is 12.6. The molecule has 1 saturated heterocycles. The van der Waals surface area contributed by atoms with Crippen molar-refractivity contribution in [1.29, 1.82) is 0 Å². The second-order valence-corrected chi connectivity index (χ2v) is 4.63. The summed E-state index contributed by atoms with van der Waals surface area (Å²) in [5, 5.41) is 8.87. The van der Waals surface area contributed by atoms with Crippen LogP contribution in [-0.4, -0.2) is 41.8 Å². The van der Waals surface area contributed by atoms with Gasteiger partial charge >= 0.3 is 12.1 Å². The molecule has 2 rings (SSSR count). The molecule has 0 saturated carbocycles. The van der Waals surface area contributed by atoms with Crippen molar-refractivity contribution in [3.63, 3.8) is 0 Å². The molecule has 1 N–H and O–H groups in total. The number of hydrogen-bond acceptors (Lipinski definition) is 3. The fourth-order valence-electron chi connectivity index (χ4n) is 2.10. The first kappa shape index (κ1) is 14.8. The average molecular weight is 289 g/mol. The standard InChI is InChI=1S/C13H14F3NO3/c14-13(15,16)10-3-1-2-9(6-10)7-17-4-5-20-11(8-17)12(18)19/h1-3,6,11H,4-5,7-8H2,(H,18,19). The molecule has 1 fully saturated rings. The van der Waals surface area contributed by atoms with Crippen molar-refractivity contribution in [1.82, 2.24) is 4.90 Å². The van der Waals surface area contributed by atoms with Crippen LogP contribution in [0.15, 0.2) is 24.3 Å². The molecular weight excluding hydrogens is 275 g/mol. The lowest BCUT2D eigenvalue weighted by Gasteiger charge is -2.30. The topological polar surface area (TPSA) is 49.8 Å². The lowest BCUT2D eigenvalue weighted by molar-refractivity contribution is -0.156. The van der Waals surface area contributed by atoms with Crippen molar-refractivity contribution in [2.45, 2.75) is 18.8 Å². The number of hydrogen-bond donors (Lipinski definition) is 1. The number of carboxylic acids is 1. The quantitative estimate of drug-likeness (QED) is 0.924. The fraction of sp³-hybridized carbons (Fsp3) is 0.462. The summed E-state index contributed by atoms with van der Waals surface area (Å²) >= 11 is 0. The SMILES string of the molecule is O=C(O)C1CN(Cc2cccc(C(F)(F)F)c2)CCO1. The Morgan fingerprint density at radius 1 is 1.45 bits per heavy atom. The Hall–Kier alpha value is -1.60. The number of nitrogens with zero attached hydrogens (tertiary/aromatic N) is 1. The van der Waals surface area contributed by atoms with E-state index < -0.39 is 23.8 Å². The molecule has 0 aliphatic carbocycles.